The van der Waals surface area contributed by atoms with E-state index in [0.29, 0.717) is 12.2 Å². The van der Waals surface area contributed by atoms with Crippen LogP contribution in [0.25, 0.3) is 0 Å². The van der Waals surface area contributed by atoms with Crippen LogP contribution in [0.2, 0.25) is 0 Å². The molecular weight excluding hydrogens is 318 g/mol. The van der Waals surface area contributed by atoms with Crippen molar-refractivity contribution < 1.29 is 19.1 Å². The molecule has 0 spiro atoms. The molecule has 0 fully saturated rings. The van der Waals surface area contributed by atoms with E-state index in [1.807, 2.05) is 45.0 Å². The summed E-state index contributed by atoms with van der Waals surface area (Å²) in [6.45, 7) is 5.84. The van der Waals surface area contributed by atoms with Gasteiger partial charge in [-0.25, -0.2) is 4.79 Å². The minimum atomic E-state index is -0.347. The number of benzene rings is 2. The third kappa shape index (κ3) is 6.39. The van der Waals surface area contributed by atoms with E-state index in [0.717, 1.165) is 16.8 Å². The number of carbonyl (C=O) groups is 2. The van der Waals surface area contributed by atoms with Gasteiger partial charge >= 0.3 is 5.97 Å². The van der Waals surface area contributed by atoms with Gasteiger partial charge in [-0.05, 0) is 56.2 Å². The second kappa shape index (κ2) is 8.99. The van der Waals surface area contributed by atoms with E-state index in [4.69, 9.17) is 9.47 Å². The second-order valence-electron chi connectivity index (χ2n) is 6.06. The van der Waals surface area contributed by atoms with E-state index in [9.17, 15) is 9.59 Å². The molecule has 2 rings (SSSR count). The van der Waals surface area contributed by atoms with Crippen LogP contribution >= 0.6 is 0 Å². The maximum atomic E-state index is 11.9. The number of esters is 1. The molecule has 1 N–H and O–H groups in total. The van der Waals surface area contributed by atoms with Gasteiger partial charge < -0.3 is 14.8 Å². The minimum absolute atomic E-state index is 0.0366. The third-order valence-corrected chi connectivity index (χ3v) is 3.34. The van der Waals surface area contributed by atoms with Gasteiger partial charge in [0.05, 0.1) is 18.3 Å². The minimum Gasteiger partial charge on any atom is -0.459 e. The Bertz CT molecular complexity index is 723. The number of aryl methyl sites for hydroxylation is 1. The van der Waals surface area contributed by atoms with E-state index in [2.05, 4.69) is 5.32 Å². The summed E-state index contributed by atoms with van der Waals surface area (Å²) >= 11 is 0. The number of amides is 1. The van der Waals surface area contributed by atoms with Gasteiger partial charge in [-0.15, -0.1) is 0 Å². The zero-order valence-corrected chi connectivity index (χ0v) is 14.7. The molecule has 0 heterocycles. The number of anilines is 1. The summed E-state index contributed by atoms with van der Waals surface area (Å²) < 4.78 is 10.6. The summed E-state index contributed by atoms with van der Waals surface area (Å²) in [5, 5.41) is 2.79. The molecule has 132 valence electrons. The second-order valence-corrected chi connectivity index (χ2v) is 6.06. The molecule has 0 aliphatic carbocycles. The Kier molecular flexibility index (Phi) is 6.71. The van der Waals surface area contributed by atoms with Gasteiger partial charge in [0.15, 0.2) is 0 Å². The molecule has 2 aromatic carbocycles. The molecule has 0 aliphatic heterocycles. The number of carbonyl (C=O) groups excluding carboxylic acids is 2. The highest BCUT2D eigenvalue weighted by atomic mass is 16.5. The predicted molar refractivity (Wildman–Crippen MR) is 96.5 cm³/mol. The van der Waals surface area contributed by atoms with Crippen LogP contribution in [0.15, 0.2) is 48.5 Å². The molecular formula is C20H23NO4. The smallest absolute Gasteiger partial charge is 0.338 e. The Balaban J connectivity index is 1.77. The summed E-state index contributed by atoms with van der Waals surface area (Å²) in [5.41, 5.74) is 3.20. The first-order chi connectivity index (χ1) is 11.9. The highest BCUT2D eigenvalue weighted by Gasteiger charge is 2.09. The first-order valence-electron chi connectivity index (χ1n) is 8.18. The van der Waals surface area contributed by atoms with Gasteiger partial charge in [-0.3, -0.25) is 4.79 Å². The molecule has 0 aromatic heterocycles. The average Bonchev–Trinajstić information content (AvgIpc) is 2.55. The summed E-state index contributed by atoms with van der Waals surface area (Å²) in [6, 6.07) is 14.5. The average molecular weight is 341 g/mol. The number of nitrogens with one attached hydrogen (secondary N) is 1. The molecule has 25 heavy (non-hydrogen) atoms. The highest BCUT2D eigenvalue weighted by molar-refractivity contribution is 5.91. The zero-order valence-electron chi connectivity index (χ0n) is 14.7. The number of rotatable bonds is 7. The first kappa shape index (κ1) is 18.7. The maximum absolute atomic E-state index is 11.9. The van der Waals surface area contributed by atoms with Crippen LogP contribution in [0, 0.1) is 6.92 Å². The fourth-order valence-electron chi connectivity index (χ4n) is 2.20. The Labute approximate surface area is 148 Å². The monoisotopic (exact) mass is 341 g/mol. The van der Waals surface area contributed by atoms with Gasteiger partial charge in [0.2, 0.25) is 5.91 Å². The SMILES string of the molecule is Cc1cccc(NC(=O)COCc2ccc(C(=O)OC(C)C)cc2)c1. The maximum Gasteiger partial charge on any atom is 0.338 e. The Hall–Kier alpha value is -2.66. The lowest BCUT2D eigenvalue weighted by molar-refractivity contribution is -0.121. The van der Waals surface area contributed by atoms with Crippen molar-refractivity contribution >= 4 is 17.6 Å². The number of hydrogen-bond donors (Lipinski definition) is 1. The van der Waals surface area contributed by atoms with Gasteiger partial charge in [0.25, 0.3) is 0 Å². The van der Waals surface area contributed by atoms with Crippen molar-refractivity contribution in [3.63, 3.8) is 0 Å². The van der Waals surface area contributed by atoms with E-state index in [-0.39, 0.29) is 24.6 Å². The number of ether oxygens (including phenoxy) is 2. The van der Waals surface area contributed by atoms with E-state index in [1.165, 1.54) is 0 Å². The van der Waals surface area contributed by atoms with E-state index < -0.39 is 0 Å². The van der Waals surface area contributed by atoms with E-state index >= 15 is 0 Å². The summed E-state index contributed by atoms with van der Waals surface area (Å²) in [7, 11) is 0. The largest absolute Gasteiger partial charge is 0.459 e. The van der Waals surface area contributed by atoms with Crippen molar-refractivity contribution in [2.24, 2.45) is 0 Å². The normalized spacial score (nSPS) is 10.6. The Morgan fingerprint density at radius 1 is 1.08 bits per heavy atom. The topological polar surface area (TPSA) is 64.6 Å². The molecule has 0 aliphatic rings. The summed E-state index contributed by atoms with van der Waals surface area (Å²) in [4.78, 5) is 23.6. The van der Waals surface area contributed by atoms with Crippen LogP contribution in [-0.4, -0.2) is 24.6 Å². The van der Waals surface area contributed by atoms with Crippen molar-refractivity contribution in [2.45, 2.75) is 33.5 Å². The predicted octanol–water partition coefficient (Wildman–Crippen LogP) is 3.72. The van der Waals surface area contributed by atoms with Gasteiger partial charge in [0.1, 0.15) is 6.61 Å². The van der Waals surface area contributed by atoms with E-state index in [1.54, 1.807) is 24.3 Å². The molecule has 0 radical (unpaired) electrons. The lowest BCUT2D eigenvalue weighted by atomic mass is 10.1. The van der Waals surface area contributed by atoms with Crippen LogP contribution in [0.4, 0.5) is 5.69 Å². The molecule has 0 saturated heterocycles. The Morgan fingerprint density at radius 2 is 1.80 bits per heavy atom. The molecule has 0 unspecified atom stereocenters. The molecule has 5 nitrogen and oxygen atoms in total. The van der Waals surface area contributed by atoms with Crippen LogP contribution in [0.3, 0.4) is 0 Å². The third-order valence-electron chi connectivity index (χ3n) is 3.34. The first-order valence-corrected chi connectivity index (χ1v) is 8.18. The fourth-order valence-corrected chi connectivity index (χ4v) is 2.20. The zero-order chi connectivity index (χ0) is 18.2. The van der Waals surface area contributed by atoms with Crippen LogP contribution < -0.4 is 5.32 Å². The van der Waals surface area contributed by atoms with Crippen LogP contribution in [0.1, 0.15) is 35.3 Å². The van der Waals surface area contributed by atoms with Gasteiger partial charge in [0, 0.05) is 5.69 Å². The Morgan fingerprint density at radius 3 is 2.44 bits per heavy atom. The molecule has 1 amide bonds. The molecule has 0 bridgehead atoms. The van der Waals surface area contributed by atoms with Crippen molar-refractivity contribution in [1.29, 1.82) is 0 Å². The lowest BCUT2D eigenvalue weighted by Crippen LogP contribution is -2.18. The van der Waals surface area contributed by atoms with Gasteiger partial charge in [-0.1, -0.05) is 24.3 Å². The summed E-state index contributed by atoms with van der Waals surface area (Å²) in [6.07, 6.45) is -0.151. The summed E-state index contributed by atoms with van der Waals surface area (Å²) in [5.74, 6) is -0.553. The molecule has 5 heteroatoms. The highest BCUT2D eigenvalue weighted by Crippen LogP contribution is 2.10. The van der Waals surface area contributed by atoms with Crippen molar-refractivity contribution in [1.82, 2.24) is 0 Å². The van der Waals surface area contributed by atoms with Gasteiger partial charge in [-0.2, -0.15) is 0 Å². The van der Waals surface area contributed by atoms with Crippen molar-refractivity contribution in [3.8, 4) is 0 Å². The molecule has 2 aromatic rings. The molecule has 0 saturated carbocycles. The number of hydrogen-bond acceptors (Lipinski definition) is 4. The van der Waals surface area contributed by atoms with Crippen LogP contribution in [0.5, 0.6) is 0 Å². The fraction of sp³-hybridized carbons (Fsp3) is 0.300. The lowest BCUT2D eigenvalue weighted by Gasteiger charge is -2.09. The van der Waals surface area contributed by atoms with Crippen molar-refractivity contribution in [2.75, 3.05) is 11.9 Å². The quantitative estimate of drug-likeness (QED) is 0.780. The standard InChI is InChI=1S/C20H23NO4/c1-14(2)25-20(23)17-9-7-16(8-10-17)12-24-13-19(22)21-18-6-4-5-15(3)11-18/h4-11,14H,12-13H2,1-3H3,(H,21,22). The molecule has 0 atom stereocenters. The van der Waals surface area contributed by atoms with Crippen molar-refractivity contribution in [3.05, 3.63) is 65.2 Å². The van der Waals surface area contributed by atoms with Crippen LogP contribution in [-0.2, 0) is 20.9 Å².